The standard InChI is InChI=1S/C22H20N4O4/c1-13-19(22(28)25-18-7-2-3-12-23-18)20(14-8-10-15(11-9-14)26(29)30)21-16(24-13)5-4-6-17(21)27/h2-3,7-12,20,24H,4-6H2,1H3,(H,23,25,28). The van der Waals surface area contributed by atoms with Crippen LogP contribution < -0.4 is 10.6 Å². The molecule has 2 N–H and O–H groups in total. The smallest absolute Gasteiger partial charge is 0.269 e. The monoisotopic (exact) mass is 404 g/mol. The molecule has 0 fully saturated rings. The third kappa shape index (κ3) is 3.59. The molecule has 0 saturated carbocycles. The number of rotatable bonds is 4. The maximum Gasteiger partial charge on any atom is 0.269 e. The Kier molecular flexibility index (Phi) is 5.14. The summed E-state index contributed by atoms with van der Waals surface area (Å²) < 4.78 is 0. The number of non-ortho nitro benzene ring substituents is 1. The van der Waals surface area contributed by atoms with Crippen molar-refractivity contribution in [2.45, 2.75) is 32.1 Å². The summed E-state index contributed by atoms with van der Waals surface area (Å²) in [5.41, 5.74) is 3.06. The second-order valence-electron chi connectivity index (χ2n) is 7.28. The molecule has 2 aliphatic rings. The Morgan fingerprint density at radius 2 is 1.97 bits per heavy atom. The minimum atomic E-state index is -0.599. The molecule has 2 heterocycles. The fourth-order valence-electron chi connectivity index (χ4n) is 4.03. The van der Waals surface area contributed by atoms with E-state index in [9.17, 15) is 19.7 Å². The van der Waals surface area contributed by atoms with E-state index in [1.165, 1.54) is 12.1 Å². The van der Waals surface area contributed by atoms with E-state index >= 15 is 0 Å². The molecule has 1 unspecified atom stereocenters. The third-order valence-corrected chi connectivity index (χ3v) is 5.36. The number of nitrogens with zero attached hydrogens (tertiary/aromatic N) is 2. The van der Waals surface area contributed by atoms with E-state index in [0.29, 0.717) is 34.6 Å². The van der Waals surface area contributed by atoms with Gasteiger partial charge in [0, 0.05) is 53.2 Å². The number of carbonyl (C=O) groups is 2. The van der Waals surface area contributed by atoms with Crippen LogP contribution in [0.1, 0.15) is 37.7 Å². The number of ketones is 1. The quantitative estimate of drug-likeness (QED) is 0.594. The molecule has 0 radical (unpaired) electrons. The lowest BCUT2D eigenvalue weighted by Gasteiger charge is -2.34. The zero-order valence-corrected chi connectivity index (χ0v) is 16.3. The van der Waals surface area contributed by atoms with Crippen LogP contribution in [0, 0.1) is 10.1 Å². The summed E-state index contributed by atoms with van der Waals surface area (Å²) >= 11 is 0. The number of nitro groups is 1. The van der Waals surface area contributed by atoms with Gasteiger partial charge in [-0.3, -0.25) is 19.7 Å². The summed E-state index contributed by atoms with van der Waals surface area (Å²) in [4.78, 5) is 40.8. The van der Waals surface area contributed by atoms with E-state index in [1.54, 1.807) is 43.5 Å². The Morgan fingerprint density at radius 3 is 2.63 bits per heavy atom. The van der Waals surface area contributed by atoms with Crippen molar-refractivity contribution in [3.8, 4) is 0 Å². The fraction of sp³-hybridized carbons (Fsp3) is 0.227. The molecule has 8 heteroatoms. The average Bonchev–Trinajstić information content (AvgIpc) is 2.73. The van der Waals surface area contributed by atoms with Gasteiger partial charge in [-0.2, -0.15) is 0 Å². The molecule has 0 saturated heterocycles. The number of carbonyl (C=O) groups excluding carboxylic acids is 2. The summed E-state index contributed by atoms with van der Waals surface area (Å²) in [6.45, 7) is 1.80. The number of nitrogens with one attached hydrogen (secondary N) is 2. The van der Waals surface area contributed by atoms with Crippen LogP contribution in [-0.2, 0) is 9.59 Å². The normalized spacial score (nSPS) is 18.6. The number of benzene rings is 1. The molecule has 8 nitrogen and oxygen atoms in total. The Bertz CT molecular complexity index is 1090. The van der Waals surface area contributed by atoms with Gasteiger partial charge in [-0.05, 0) is 37.5 Å². The predicted molar refractivity (Wildman–Crippen MR) is 110 cm³/mol. The number of pyridine rings is 1. The van der Waals surface area contributed by atoms with Crippen LogP contribution in [0.2, 0.25) is 0 Å². The van der Waals surface area contributed by atoms with E-state index in [2.05, 4.69) is 15.6 Å². The SMILES string of the molecule is CC1=C(C(=O)Nc2ccccn2)C(c2ccc([N+](=O)[O-])cc2)C2=C(CCCC2=O)N1. The highest BCUT2D eigenvalue weighted by Crippen LogP contribution is 2.42. The van der Waals surface area contributed by atoms with Crippen LogP contribution in [0.4, 0.5) is 11.5 Å². The van der Waals surface area contributed by atoms with Crippen LogP contribution in [0.3, 0.4) is 0 Å². The maximum absolute atomic E-state index is 13.2. The van der Waals surface area contributed by atoms with Gasteiger partial charge >= 0.3 is 0 Å². The number of allylic oxidation sites excluding steroid dienone is 3. The summed E-state index contributed by atoms with van der Waals surface area (Å²) in [7, 11) is 0. The van der Waals surface area contributed by atoms with Gasteiger partial charge in [-0.1, -0.05) is 18.2 Å². The van der Waals surface area contributed by atoms with E-state index in [1.807, 2.05) is 0 Å². The van der Waals surface area contributed by atoms with Gasteiger partial charge in [-0.15, -0.1) is 0 Å². The van der Waals surface area contributed by atoms with Crippen LogP contribution in [0.25, 0.3) is 0 Å². The maximum atomic E-state index is 13.2. The molecule has 2 aromatic rings. The molecule has 1 aromatic carbocycles. The number of aromatic nitrogens is 1. The molecular weight excluding hydrogens is 384 g/mol. The fourth-order valence-corrected chi connectivity index (χ4v) is 4.03. The topological polar surface area (TPSA) is 114 Å². The Hall–Kier alpha value is -3.81. The summed E-state index contributed by atoms with van der Waals surface area (Å²) in [6, 6.07) is 11.2. The van der Waals surface area contributed by atoms with Crippen molar-refractivity contribution in [1.82, 2.24) is 10.3 Å². The number of amides is 1. The number of hydrogen-bond donors (Lipinski definition) is 2. The lowest BCUT2D eigenvalue weighted by Crippen LogP contribution is -2.35. The molecule has 1 atom stereocenters. The van der Waals surface area contributed by atoms with E-state index < -0.39 is 10.8 Å². The summed E-state index contributed by atoms with van der Waals surface area (Å²) in [5, 5.41) is 17.1. The first kappa shape index (κ1) is 19.5. The number of hydrogen-bond acceptors (Lipinski definition) is 6. The number of nitro benzene ring substituents is 1. The minimum absolute atomic E-state index is 0.0114. The van der Waals surface area contributed by atoms with Crippen molar-refractivity contribution in [2.75, 3.05) is 5.32 Å². The van der Waals surface area contributed by atoms with E-state index in [4.69, 9.17) is 0 Å². The third-order valence-electron chi connectivity index (χ3n) is 5.36. The summed E-state index contributed by atoms with van der Waals surface area (Å²) in [5.74, 6) is -0.576. The van der Waals surface area contributed by atoms with Gasteiger partial charge < -0.3 is 10.6 Å². The predicted octanol–water partition coefficient (Wildman–Crippen LogP) is 3.60. The lowest BCUT2D eigenvalue weighted by molar-refractivity contribution is -0.384. The Labute approximate surface area is 172 Å². The van der Waals surface area contributed by atoms with Crippen molar-refractivity contribution >= 4 is 23.2 Å². The molecule has 1 aliphatic carbocycles. The molecule has 1 aromatic heterocycles. The number of Topliss-reactive ketones (excluding diaryl/α,β-unsaturated/α-hetero) is 1. The van der Waals surface area contributed by atoms with E-state index in [0.717, 1.165) is 18.5 Å². The molecule has 30 heavy (non-hydrogen) atoms. The Balaban J connectivity index is 1.79. The van der Waals surface area contributed by atoms with Gasteiger partial charge in [0.05, 0.1) is 4.92 Å². The first-order chi connectivity index (χ1) is 14.5. The first-order valence-electron chi connectivity index (χ1n) is 9.66. The highest BCUT2D eigenvalue weighted by molar-refractivity contribution is 6.09. The van der Waals surface area contributed by atoms with Crippen LogP contribution >= 0.6 is 0 Å². The van der Waals surface area contributed by atoms with Crippen molar-refractivity contribution in [2.24, 2.45) is 0 Å². The van der Waals surface area contributed by atoms with Crippen molar-refractivity contribution in [3.63, 3.8) is 0 Å². The second-order valence-corrected chi connectivity index (χ2v) is 7.28. The molecule has 152 valence electrons. The zero-order valence-electron chi connectivity index (χ0n) is 16.3. The molecular formula is C22H20N4O4. The number of anilines is 1. The van der Waals surface area contributed by atoms with Crippen LogP contribution in [0.5, 0.6) is 0 Å². The number of dihydropyridines is 1. The van der Waals surface area contributed by atoms with Crippen molar-refractivity contribution in [3.05, 3.63) is 86.9 Å². The zero-order chi connectivity index (χ0) is 21.3. The van der Waals surface area contributed by atoms with Crippen LogP contribution in [-0.4, -0.2) is 21.6 Å². The molecule has 1 amide bonds. The molecule has 0 spiro atoms. The van der Waals surface area contributed by atoms with Gasteiger partial charge in [0.15, 0.2) is 5.78 Å². The van der Waals surface area contributed by atoms with Crippen molar-refractivity contribution < 1.29 is 14.5 Å². The van der Waals surface area contributed by atoms with Gasteiger partial charge in [0.2, 0.25) is 0 Å². The van der Waals surface area contributed by atoms with Gasteiger partial charge in [0.25, 0.3) is 11.6 Å². The highest BCUT2D eigenvalue weighted by Gasteiger charge is 2.38. The lowest BCUT2D eigenvalue weighted by atomic mass is 9.75. The van der Waals surface area contributed by atoms with Gasteiger partial charge in [0.1, 0.15) is 5.82 Å². The highest BCUT2D eigenvalue weighted by atomic mass is 16.6. The first-order valence-corrected chi connectivity index (χ1v) is 9.66. The molecule has 1 aliphatic heterocycles. The van der Waals surface area contributed by atoms with Crippen molar-refractivity contribution in [1.29, 1.82) is 0 Å². The average molecular weight is 404 g/mol. The van der Waals surface area contributed by atoms with E-state index in [-0.39, 0.29) is 17.4 Å². The largest absolute Gasteiger partial charge is 0.362 e. The molecule has 4 rings (SSSR count). The minimum Gasteiger partial charge on any atom is -0.362 e. The second kappa shape index (κ2) is 7.90. The van der Waals surface area contributed by atoms with Crippen LogP contribution in [0.15, 0.2) is 71.2 Å². The van der Waals surface area contributed by atoms with Gasteiger partial charge in [-0.25, -0.2) is 4.98 Å². The summed E-state index contributed by atoms with van der Waals surface area (Å²) in [6.07, 6.45) is 3.46. The molecule has 0 bridgehead atoms. The Morgan fingerprint density at radius 1 is 1.20 bits per heavy atom.